The van der Waals surface area contributed by atoms with Gasteiger partial charge in [-0.2, -0.15) is 21.6 Å². The molecule has 1 aromatic carbocycles. The van der Waals surface area contributed by atoms with E-state index >= 15 is 0 Å². The molecule has 10 heteroatoms. The average molecular weight is 368 g/mol. The molecule has 0 aliphatic carbocycles. The van der Waals surface area contributed by atoms with Gasteiger partial charge in [0.25, 0.3) is 0 Å². The van der Waals surface area contributed by atoms with Crippen LogP contribution < -0.4 is 8.92 Å². The van der Waals surface area contributed by atoms with Gasteiger partial charge in [0.15, 0.2) is 18.3 Å². The van der Waals surface area contributed by atoms with Gasteiger partial charge in [-0.25, -0.2) is 0 Å². The fourth-order valence-electron chi connectivity index (χ4n) is 2.14. The third-order valence-corrected chi connectivity index (χ3v) is 4.29. The second-order valence-corrected chi connectivity index (χ2v) is 6.70. The number of halogens is 3. The minimum atomic E-state index is -5.90. The highest BCUT2D eigenvalue weighted by Crippen LogP contribution is 2.33. The quantitative estimate of drug-likeness (QED) is 0.452. The molecule has 24 heavy (non-hydrogen) atoms. The zero-order chi connectivity index (χ0) is 18.0. The molecule has 0 amide bonds. The van der Waals surface area contributed by atoms with Crippen LogP contribution in [-0.4, -0.2) is 33.1 Å². The van der Waals surface area contributed by atoms with Gasteiger partial charge in [-0.05, 0) is 31.4 Å². The summed E-state index contributed by atoms with van der Waals surface area (Å²) in [6, 6.07) is 2.33. The van der Waals surface area contributed by atoms with Crippen molar-refractivity contribution in [2.75, 3.05) is 6.61 Å². The predicted molar refractivity (Wildman–Crippen MR) is 76.4 cm³/mol. The van der Waals surface area contributed by atoms with E-state index in [1.165, 1.54) is 13.0 Å². The van der Waals surface area contributed by atoms with E-state index in [-0.39, 0.29) is 23.2 Å². The van der Waals surface area contributed by atoms with Crippen LogP contribution in [0.2, 0.25) is 0 Å². The number of carbonyl (C=O) groups excluding carboxylic acids is 1. The average Bonchev–Trinajstić information content (AvgIpc) is 2.46. The van der Waals surface area contributed by atoms with Gasteiger partial charge in [-0.15, -0.1) is 0 Å². The largest absolute Gasteiger partial charge is 0.534 e. The topological polar surface area (TPSA) is 78.9 Å². The first-order valence-corrected chi connectivity index (χ1v) is 8.43. The minimum Gasteiger partial charge on any atom is -0.465 e. The fourth-order valence-corrected chi connectivity index (χ4v) is 2.61. The Bertz CT molecular complexity index is 708. The summed E-state index contributed by atoms with van der Waals surface area (Å²) in [7, 11) is -5.90. The smallest absolute Gasteiger partial charge is 0.465 e. The minimum absolute atomic E-state index is 0.0531. The van der Waals surface area contributed by atoms with Gasteiger partial charge in [0.2, 0.25) is 0 Å². The third kappa shape index (κ3) is 4.18. The van der Waals surface area contributed by atoms with E-state index in [2.05, 4.69) is 4.18 Å². The van der Waals surface area contributed by atoms with Gasteiger partial charge in [0.1, 0.15) is 5.75 Å². The first-order chi connectivity index (χ1) is 11.1. The molecular weight excluding hydrogens is 353 g/mol. The van der Waals surface area contributed by atoms with Crippen molar-refractivity contribution in [2.24, 2.45) is 0 Å². The van der Waals surface area contributed by atoms with Crippen LogP contribution in [0, 0.1) is 6.92 Å². The van der Waals surface area contributed by atoms with Crippen molar-refractivity contribution in [3.8, 4) is 11.5 Å². The molecule has 1 heterocycles. The molecule has 134 valence electrons. The Kier molecular flexibility index (Phi) is 5.38. The van der Waals surface area contributed by atoms with Crippen LogP contribution in [0.3, 0.4) is 0 Å². The van der Waals surface area contributed by atoms with Crippen molar-refractivity contribution in [2.45, 2.75) is 38.0 Å². The molecule has 0 aromatic heterocycles. The van der Waals surface area contributed by atoms with E-state index in [4.69, 9.17) is 9.47 Å². The maximum Gasteiger partial charge on any atom is 0.534 e. The summed E-state index contributed by atoms with van der Waals surface area (Å²) >= 11 is 0. The molecule has 1 aliphatic rings. The van der Waals surface area contributed by atoms with Crippen LogP contribution >= 0.6 is 0 Å². The van der Waals surface area contributed by atoms with Gasteiger partial charge in [0.05, 0.1) is 12.2 Å². The van der Waals surface area contributed by atoms with Crippen molar-refractivity contribution in [3.05, 3.63) is 23.3 Å². The SMILES string of the molecule is Cc1cc(O[C@H]2CCCCO2)cc(OS(=O)(=O)C(F)(F)F)c1C=O. The molecule has 1 atom stereocenters. The molecule has 2 rings (SSSR count). The zero-order valence-electron chi connectivity index (χ0n) is 12.6. The Morgan fingerprint density at radius 3 is 2.54 bits per heavy atom. The third-order valence-electron chi connectivity index (χ3n) is 3.33. The van der Waals surface area contributed by atoms with Gasteiger partial charge in [-0.3, -0.25) is 4.79 Å². The van der Waals surface area contributed by atoms with E-state index in [9.17, 15) is 26.4 Å². The lowest BCUT2D eigenvalue weighted by atomic mass is 10.1. The first kappa shape index (κ1) is 18.5. The summed E-state index contributed by atoms with van der Waals surface area (Å²) in [6.45, 7) is 1.91. The van der Waals surface area contributed by atoms with Crippen molar-refractivity contribution in [1.29, 1.82) is 0 Å². The maximum absolute atomic E-state index is 12.5. The number of hydrogen-bond donors (Lipinski definition) is 0. The number of aryl methyl sites for hydroxylation is 1. The molecule has 0 spiro atoms. The highest BCUT2D eigenvalue weighted by Gasteiger charge is 2.49. The van der Waals surface area contributed by atoms with Crippen LogP contribution in [0.25, 0.3) is 0 Å². The summed E-state index contributed by atoms with van der Waals surface area (Å²) in [4.78, 5) is 11.1. The molecular formula is C14H15F3O6S. The van der Waals surface area contributed by atoms with Gasteiger partial charge < -0.3 is 13.7 Å². The summed E-state index contributed by atoms with van der Waals surface area (Å²) in [6.07, 6.45) is 1.96. The molecule has 0 N–H and O–H groups in total. The Morgan fingerprint density at radius 2 is 2.00 bits per heavy atom. The Balaban J connectivity index is 2.33. The van der Waals surface area contributed by atoms with Crippen molar-refractivity contribution in [3.63, 3.8) is 0 Å². The molecule has 6 nitrogen and oxygen atoms in total. The molecule has 0 unspecified atom stereocenters. The lowest BCUT2D eigenvalue weighted by Gasteiger charge is -2.24. The molecule has 1 saturated heterocycles. The Hall–Kier alpha value is -1.81. The van der Waals surface area contributed by atoms with Crippen LogP contribution in [0.1, 0.15) is 35.2 Å². The molecule has 1 aromatic rings. The van der Waals surface area contributed by atoms with Gasteiger partial charge >= 0.3 is 15.6 Å². The van der Waals surface area contributed by atoms with E-state index in [0.717, 1.165) is 18.9 Å². The van der Waals surface area contributed by atoms with Crippen LogP contribution in [-0.2, 0) is 14.9 Å². The molecule has 1 aliphatic heterocycles. The van der Waals surface area contributed by atoms with Gasteiger partial charge in [-0.1, -0.05) is 0 Å². The monoisotopic (exact) mass is 368 g/mol. The number of carbonyl (C=O) groups is 1. The Labute approximate surface area is 136 Å². The standard InChI is InChI=1S/C14H15F3O6S/c1-9-6-10(22-13-4-2-3-5-21-13)7-12(11(9)8-18)23-24(19,20)14(15,16)17/h6-8,13H,2-5H2,1H3/t13-/m0/s1. The van der Waals surface area contributed by atoms with E-state index < -0.39 is 27.7 Å². The highest BCUT2D eigenvalue weighted by atomic mass is 32.2. The molecule has 0 radical (unpaired) electrons. The number of benzene rings is 1. The maximum atomic E-state index is 12.5. The molecule has 0 bridgehead atoms. The van der Waals surface area contributed by atoms with Crippen molar-refractivity contribution in [1.82, 2.24) is 0 Å². The summed E-state index contributed by atoms with van der Waals surface area (Å²) in [5, 5.41) is 0. The lowest BCUT2D eigenvalue weighted by Crippen LogP contribution is -2.28. The zero-order valence-corrected chi connectivity index (χ0v) is 13.4. The lowest BCUT2D eigenvalue weighted by molar-refractivity contribution is -0.105. The summed E-state index contributed by atoms with van der Waals surface area (Å²) in [5.74, 6) is -0.689. The number of ether oxygens (including phenoxy) is 2. The first-order valence-electron chi connectivity index (χ1n) is 7.03. The Morgan fingerprint density at radius 1 is 1.29 bits per heavy atom. The summed E-state index contributed by atoms with van der Waals surface area (Å²) < 4.78 is 74.7. The fraction of sp³-hybridized carbons (Fsp3) is 0.500. The van der Waals surface area contributed by atoms with E-state index in [0.29, 0.717) is 13.0 Å². The van der Waals surface area contributed by atoms with Crippen molar-refractivity contribution >= 4 is 16.4 Å². The van der Waals surface area contributed by atoms with Gasteiger partial charge in [0, 0.05) is 12.5 Å². The molecule has 0 saturated carbocycles. The highest BCUT2D eigenvalue weighted by molar-refractivity contribution is 7.88. The van der Waals surface area contributed by atoms with Crippen molar-refractivity contribution < 1.29 is 40.0 Å². The van der Waals surface area contributed by atoms with Crippen LogP contribution in [0.5, 0.6) is 11.5 Å². The number of alkyl halides is 3. The summed E-state index contributed by atoms with van der Waals surface area (Å²) in [5.41, 5.74) is -5.70. The second kappa shape index (κ2) is 6.98. The number of rotatable bonds is 5. The van der Waals surface area contributed by atoms with Crippen LogP contribution in [0.15, 0.2) is 12.1 Å². The normalized spacial score (nSPS) is 18.9. The van der Waals surface area contributed by atoms with Crippen LogP contribution in [0.4, 0.5) is 13.2 Å². The number of aldehydes is 1. The molecule has 1 fully saturated rings. The predicted octanol–water partition coefficient (Wildman–Crippen LogP) is 2.94. The number of hydrogen-bond acceptors (Lipinski definition) is 6. The van der Waals surface area contributed by atoms with E-state index in [1.807, 2.05) is 0 Å². The van der Waals surface area contributed by atoms with E-state index in [1.54, 1.807) is 0 Å². The second-order valence-electron chi connectivity index (χ2n) is 5.17.